The Labute approximate surface area is 136 Å². The predicted molar refractivity (Wildman–Crippen MR) is 87.2 cm³/mol. The van der Waals surface area contributed by atoms with E-state index in [1.807, 2.05) is 30.3 Å². The molecular formula is C17H26N2O4. The van der Waals surface area contributed by atoms with Gasteiger partial charge in [-0.15, -0.1) is 0 Å². The van der Waals surface area contributed by atoms with Crippen molar-refractivity contribution in [2.45, 2.75) is 57.3 Å². The van der Waals surface area contributed by atoms with Crippen LogP contribution < -0.4 is 11.1 Å². The Morgan fingerprint density at radius 3 is 2.52 bits per heavy atom. The van der Waals surface area contributed by atoms with Crippen LogP contribution in [0.5, 0.6) is 0 Å². The van der Waals surface area contributed by atoms with Crippen LogP contribution in [0.4, 0.5) is 0 Å². The molecular weight excluding hydrogens is 296 g/mol. The zero-order valence-corrected chi connectivity index (χ0v) is 13.5. The highest BCUT2D eigenvalue weighted by Gasteiger charge is 2.29. The lowest BCUT2D eigenvalue weighted by Gasteiger charge is -2.22. The average molecular weight is 322 g/mol. The summed E-state index contributed by atoms with van der Waals surface area (Å²) >= 11 is 0. The second-order valence-electron chi connectivity index (χ2n) is 6.01. The summed E-state index contributed by atoms with van der Waals surface area (Å²) in [4.78, 5) is 22.7. The third-order valence-electron chi connectivity index (χ3n) is 3.67. The highest BCUT2D eigenvalue weighted by molar-refractivity contribution is 5.84. The highest BCUT2D eigenvalue weighted by atomic mass is 16.3. The molecule has 6 nitrogen and oxygen atoms in total. The molecule has 2 amide bonds. The summed E-state index contributed by atoms with van der Waals surface area (Å²) in [5, 5.41) is 22.5. The summed E-state index contributed by atoms with van der Waals surface area (Å²) in [6.07, 6.45) is 1.07. The summed E-state index contributed by atoms with van der Waals surface area (Å²) in [5.41, 5.74) is 4.51. The van der Waals surface area contributed by atoms with Gasteiger partial charge in [0, 0.05) is 6.54 Å². The van der Waals surface area contributed by atoms with Crippen molar-refractivity contribution in [3.63, 3.8) is 0 Å². The lowest BCUT2D eigenvalue weighted by Crippen LogP contribution is -2.44. The van der Waals surface area contributed by atoms with Crippen LogP contribution in [0, 0.1) is 0 Å². The van der Waals surface area contributed by atoms with Crippen molar-refractivity contribution >= 4 is 11.8 Å². The lowest BCUT2D eigenvalue weighted by atomic mass is 9.96. The summed E-state index contributed by atoms with van der Waals surface area (Å²) in [6.45, 7) is 1.85. The Bertz CT molecular complexity index is 503. The maximum atomic E-state index is 12.0. The number of hydrogen-bond acceptors (Lipinski definition) is 4. The summed E-state index contributed by atoms with van der Waals surface area (Å²) in [6, 6.07) is 9.46. The molecule has 5 N–H and O–H groups in total. The highest BCUT2D eigenvalue weighted by Crippen LogP contribution is 2.16. The van der Waals surface area contributed by atoms with Crippen molar-refractivity contribution in [2.75, 3.05) is 0 Å². The minimum Gasteiger partial charge on any atom is -0.393 e. The number of rotatable bonds is 10. The maximum absolute atomic E-state index is 12.0. The molecule has 6 heteroatoms. The number of aliphatic hydroxyl groups is 2. The number of carbonyl (C=O) groups is 2. The smallest absolute Gasteiger partial charge is 0.251 e. The fourth-order valence-corrected chi connectivity index (χ4v) is 2.27. The monoisotopic (exact) mass is 322 g/mol. The summed E-state index contributed by atoms with van der Waals surface area (Å²) < 4.78 is 0. The van der Waals surface area contributed by atoms with Crippen LogP contribution in [0.1, 0.15) is 44.6 Å². The van der Waals surface area contributed by atoms with Crippen LogP contribution in [0.2, 0.25) is 0 Å². The van der Waals surface area contributed by atoms with Crippen LogP contribution in [0.3, 0.4) is 0 Å². The number of unbranched alkanes of at least 4 members (excludes halogenated alkanes) is 1. The first-order valence-corrected chi connectivity index (χ1v) is 7.82. The molecule has 0 radical (unpaired) electrons. The second-order valence-corrected chi connectivity index (χ2v) is 6.01. The molecule has 0 spiro atoms. The summed E-state index contributed by atoms with van der Waals surface area (Å²) in [7, 11) is 0. The van der Waals surface area contributed by atoms with E-state index in [-0.39, 0.29) is 12.8 Å². The molecule has 0 aromatic heterocycles. The van der Waals surface area contributed by atoms with Crippen LogP contribution in [0.15, 0.2) is 30.3 Å². The van der Waals surface area contributed by atoms with Gasteiger partial charge in [0.2, 0.25) is 5.91 Å². The second kappa shape index (κ2) is 9.27. The van der Waals surface area contributed by atoms with Crippen molar-refractivity contribution in [1.82, 2.24) is 5.32 Å². The Morgan fingerprint density at radius 2 is 1.91 bits per heavy atom. The number of primary amides is 1. The minimum atomic E-state index is -1.45. The van der Waals surface area contributed by atoms with Crippen LogP contribution in [-0.4, -0.2) is 33.7 Å². The molecule has 0 aliphatic heterocycles. The third kappa shape index (κ3) is 7.76. The molecule has 128 valence electrons. The quantitative estimate of drug-likeness (QED) is 0.478. The van der Waals surface area contributed by atoms with E-state index in [2.05, 4.69) is 5.32 Å². The SMILES string of the molecule is C[C@](O)(CCCC[C@H](O)CC(N)=O)C(=O)NCc1ccccc1. The average Bonchev–Trinajstić information content (AvgIpc) is 2.49. The summed E-state index contributed by atoms with van der Waals surface area (Å²) in [5.74, 6) is -0.955. The van der Waals surface area contributed by atoms with Crippen molar-refractivity contribution in [3.05, 3.63) is 35.9 Å². The Kier molecular flexibility index (Phi) is 7.71. The minimum absolute atomic E-state index is 0.0616. The van der Waals surface area contributed by atoms with Gasteiger partial charge in [0.1, 0.15) is 5.60 Å². The van der Waals surface area contributed by atoms with E-state index < -0.39 is 23.5 Å². The number of nitrogens with two attached hydrogens (primary N) is 1. The molecule has 0 heterocycles. The van der Waals surface area contributed by atoms with Gasteiger partial charge in [0.15, 0.2) is 0 Å². The van der Waals surface area contributed by atoms with Gasteiger partial charge in [-0.25, -0.2) is 0 Å². The van der Waals surface area contributed by atoms with Gasteiger partial charge in [-0.1, -0.05) is 36.8 Å². The van der Waals surface area contributed by atoms with E-state index in [0.717, 1.165) is 5.56 Å². The molecule has 0 aliphatic carbocycles. The number of hydrogen-bond donors (Lipinski definition) is 4. The van der Waals surface area contributed by atoms with E-state index in [4.69, 9.17) is 5.73 Å². The number of carbonyl (C=O) groups excluding carboxylic acids is 2. The number of aliphatic hydroxyl groups excluding tert-OH is 1. The molecule has 0 aliphatic rings. The zero-order valence-electron chi connectivity index (χ0n) is 13.5. The standard InChI is InChI=1S/C17H26N2O4/c1-17(23,10-6-5-9-14(20)11-15(18)21)16(22)19-12-13-7-3-2-4-8-13/h2-4,7-8,14,20,23H,5-6,9-12H2,1H3,(H2,18,21)(H,19,22)/t14-,17-/m0/s1. The molecule has 0 unspecified atom stereocenters. The molecule has 1 aromatic rings. The largest absolute Gasteiger partial charge is 0.393 e. The molecule has 2 atom stereocenters. The Morgan fingerprint density at radius 1 is 1.26 bits per heavy atom. The van der Waals surface area contributed by atoms with Gasteiger partial charge < -0.3 is 21.3 Å². The molecule has 1 aromatic carbocycles. The van der Waals surface area contributed by atoms with Gasteiger partial charge in [0.05, 0.1) is 12.5 Å². The van der Waals surface area contributed by atoms with Gasteiger partial charge >= 0.3 is 0 Å². The van der Waals surface area contributed by atoms with Crippen molar-refractivity contribution in [3.8, 4) is 0 Å². The van der Waals surface area contributed by atoms with Crippen LogP contribution >= 0.6 is 0 Å². The van der Waals surface area contributed by atoms with E-state index in [1.165, 1.54) is 6.92 Å². The van der Waals surface area contributed by atoms with E-state index >= 15 is 0 Å². The molecule has 0 fully saturated rings. The molecule has 23 heavy (non-hydrogen) atoms. The van der Waals surface area contributed by atoms with Gasteiger partial charge in [-0.2, -0.15) is 0 Å². The Hall–Kier alpha value is -1.92. The van der Waals surface area contributed by atoms with Crippen molar-refractivity contribution in [2.24, 2.45) is 5.73 Å². The topological polar surface area (TPSA) is 113 Å². The Balaban J connectivity index is 2.28. The fourth-order valence-electron chi connectivity index (χ4n) is 2.27. The van der Waals surface area contributed by atoms with E-state index in [1.54, 1.807) is 0 Å². The predicted octanol–water partition coefficient (Wildman–Crippen LogP) is 0.851. The maximum Gasteiger partial charge on any atom is 0.251 e. The van der Waals surface area contributed by atoms with Crippen LogP contribution in [-0.2, 0) is 16.1 Å². The molecule has 0 saturated carbocycles. The molecule has 0 bridgehead atoms. The van der Waals surface area contributed by atoms with Gasteiger partial charge in [-0.05, 0) is 31.7 Å². The number of benzene rings is 1. The normalized spacial score (nSPS) is 14.7. The van der Waals surface area contributed by atoms with Gasteiger partial charge in [0.25, 0.3) is 5.91 Å². The number of nitrogens with one attached hydrogen (secondary N) is 1. The van der Waals surface area contributed by atoms with Gasteiger partial charge in [-0.3, -0.25) is 9.59 Å². The fraction of sp³-hybridized carbons (Fsp3) is 0.529. The lowest BCUT2D eigenvalue weighted by molar-refractivity contribution is -0.139. The first-order chi connectivity index (χ1) is 10.8. The number of amides is 2. The first-order valence-electron chi connectivity index (χ1n) is 7.82. The zero-order chi connectivity index (χ0) is 17.3. The molecule has 1 rings (SSSR count). The van der Waals surface area contributed by atoms with Crippen molar-refractivity contribution < 1.29 is 19.8 Å². The van der Waals surface area contributed by atoms with E-state index in [0.29, 0.717) is 25.8 Å². The van der Waals surface area contributed by atoms with Crippen LogP contribution in [0.25, 0.3) is 0 Å². The van der Waals surface area contributed by atoms with Crippen molar-refractivity contribution in [1.29, 1.82) is 0 Å². The van der Waals surface area contributed by atoms with E-state index in [9.17, 15) is 19.8 Å². The third-order valence-corrected chi connectivity index (χ3v) is 3.67. The first kappa shape index (κ1) is 19.1. The molecule has 0 saturated heterocycles.